The van der Waals surface area contributed by atoms with Crippen LogP contribution < -0.4 is 0 Å². The van der Waals surface area contributed by atoms with Gasteiger partial charge >= 0.3 is 0 Å². The van der Waals surface area contributed by atoms with E-state index in [2.05, 4.69) is 30.9 Å². The van der Waals surface area contributed by atoms with E-state index >= 15 is 0 Å². The molecule has 0 aromatic heterocycles. The maximum absolute atomic E-state index is 11.4. The van der Waals surface area contributed by atoms with E-state index < -0.39 is 10.0 Å². The Morgan fingerprint density at radius 3 is 2.43 bits per heavy atom. The fourth-order valence-electron chi connectivity index (χ4n) is 2.56. The lowest BCUT2D eigenvalue weighted by atomic mass is 9.91. The van der Waals surface area contributed by atoms with Gasteiger partial charge in [-0.15, -0.1) is 0 Å². The van der Waals surface area contributed by atoms with Crippen molar-refractivity contribution in [2.24, 2.45) is 11.8 Å². The second-order valence-corrected chi connectivity index (χ2v) is 7.98. The number of ether oxygens (including phenoxy) is 1. The Morgan fingerprint density at radius 1 is 1.19 bits per heavy atom. The Labute approximate surface area is 128 Å². The molecule has 1 saturated heterocycles. The van der Waals surface area contributed by atoms with Gasteiger partial charge in [-0.1, -0.05) is 19.9 Å². The number of rotatable bonds is 5. The van der Waals surface area contributed by atoms with Crippen LogP contribution in [-0.2, 0) is 14.8 Å². The van der Waals surface area contributed by atoms with Crippen LogP contribution in [0.2, 0.25) is 0 Å². The summed E-state index contributed by atoms with van der Waals surface area (Å²) in [6.45, 7) is 8.60. The van der Waals surface area contributed by atoms with Crippen LogP contribution in [0.15, 0.2) is 24.0 Å². The van der Waals surface area contributed by atoms with Crippen LogP contribution in [0.5, 0.6) is 0 Å². The first-order valence-corrected chi connectivity index (χ1v) is 9.41. The highest BCUT2D eigenvalue weighted by molar-refractivity contribution is 7.88. The van der Waals surface area contributed by atoms with Crippen molar-refractivity contribution in [1.29, 1.82) is 0 Å². The summed E-state index contributed by atoms with van der Waals surface area (Å²) in [6.07, 6.45) is 7.68. The van der Waals surface area contributed by atoms with Gasteiger partial charge in [-0.3, -0.25) is 4.90 Å². The van der Waals surface area contributed by atoms with Gasteiger partial charge in [0.1, 0.15) is 12.4 Å². The van der Waals surface area contributed by atoms with Gasteiger partial charge in [-0.05, 0) is 24.0 Å². The van der Waals surface area contributed by atoms with Crippen LogP contribution in [0.1, 0.15) is 13.8 Å². The van der Waals surface area contributed by atoms with E-state index in [0.29, 0.717) is 31.5 Å². The van der Waals surface area contributed by atoms with Crippen molar-refractivity contribution in [3.05, 3.63) is 24.0 Å². The summed E-state index contributed by atoms with van der Waals surface area (Å²) in [6, 6.07) is 0. The number of allylic oxidation sites excluding steroid dienone is 3. The number of piperazine rings is 1. The highest BCUT2D eigenvalue weighted by Gasteiger charge is 2.23. The van der Waals surface area contributed by atoms with Crippen molar-refractivity contribution in [3.8, 4) is 0 Å². The zero-order valence-corrected chi connectivity index (χ0v) is 14.0. The average molecular weight is 314 g/mol. The second kappa shape index (κ2) is 6.94. The molecule has 0 N–H and O–H groups in total. The van der Waals surface area contributed by atoms with Gasteiger partial charge < -0.3 is 4.74 Å². The molecule has 1 aliphatic heterocycles. The van der Waals surface area contributed by atoms with Gasteiger partial charge in [0.25, 0.3) is 0 Å². The van der Waals surface area contributed by atoms with E-state index in [-0.39, 0.29) is 0 Å². The largest absolute Gasteiger partial charge is 0.493 e. The molecule has 1 aliphatic carbocycles. The molecule has 21 heavy (non-hydrogen) atoms. The van der Waals surface area contributed by atoms with E-state index in [1.807, 2.05) is 6.08 Å². The van der Waals surface area contributed by atoms with Crippen LogP contribution in [0, 0.1) is 11.8 Å². The SMILES string of the molecule is C[C@@H]1C=C(OCCN2CCN(S(C)(=O)=O)CC2)C=C[C@@H]1C. The third-order valence-electron chi connectivity index (χ3n) is 4.30. The third kappa shape index (κ3) is 4.83. The Balaban J connectivity index is 1.69. The van der Waals surface area contributed by atoms with Crippen LogP contribution in [0.25, 0.3) is 0 Å². The van der Waals surface area contributed by atoms with Gasteiger partial charge in [-0.25, -0.2) is 8.42 Å². The predicted octanol–water partition coefficient (Wildman–Crippen LogP) is 1.31. The summed E-state index contributed by atoms with van der Waals surface area (Å²) in [4.78, 5) is 2.25. The normalized spacial score (nSPS) is 28.4. The minimum atomic E-state index is -3.04. The molecule has 2 aliphatic rings. The van der Waals surface area contributed by atoms with E-state index in [4.69, 9.17) is 4.74 Å². The molecule has 2 rings (SSSR count). The molecule has 0 saturated carbocycles. The number of hydrogen-bond donors (Lipinski definition) is 0. The Kier molecular flexibility index (Phi) is 5.46. The molecule has 1 heterocycles. The van der Waals surface area contributed by atoms with Gasteiger partial charge in [0, 0.05) is 32.7 Å². The monoisotopic (exact) mass is 314 g/mol. The topological polar surface area (TPSA) is 49.9 Å². The molecular weight excluding hydrogens is 288 g/mol. The van der Waals surface area contributed by atoms with E-state index in [9.17, 15) is 8.42 Å². The third-order valence-corrected chi connectivity index (χ3v) is 5.60. The molecule has 2 atom stereocenters. The lowest BCUT2D eigenvalue weighted by Gasteiger charge is -2.33. The molecule has 120 valence electrons. The first-order chi connectivity index (χ1) is 9.86. The van der Waals surface area contributed by atoms with Crippen molar-refractivity contribution >= 4 is 10.0 Å². The standard InChI is InChI=1S/C15H26N2O3S/c1-13-4-5-15(12-14(13)2)20-11-10-16-6-8-17(9-7-16)21(3,18)19/h4-5,12-14H,6-11H2,1-3H3/t13-,14+/m0/s1. The summed E-state index contributed by atoms with van der Waals surface area (Å²) in [5, 5.41) is 0. The van der Waals surface area contributed by atoms with Crippen molar-refractivity contribution in [2.75, 3.05) is 45.6 Å². The summed E-state index contributed by atoms with van der Waals surface area (Å²) in [7, 11) is -3.04. The summed E-state index contributed by atoms with van der Waals surface area (Å²) < 4.78 is 30.2. The first kappa shape index (κ1) is 16.5. The lowest BCUT2D eigenvalue weighted by molar-refractivity contribution is 0.132. The van der Waals surface area contributed by atoms with Crippen molar-refractivity contribution in [2.45, 2.75) is 13.8 Å². The second-order valence-electron chi connectivity index (χ2n) is 6.00. The number of hydrogen-bond acceptors (Lipinski definition) is 4. The molecule has 6 heteroatoms. The van der Waals surface area contributed by atoms with Gasteiger partial charge in [0.15, 0.2) is 0 Å². The smallest absolute Gasteiger partial charge is 0.211 e. The minimum Gasteiger partial charge on any atom is -0.493 e. The van der Waals surface area contributed by atoms with Crippen molar-refractivity contribution in [1.82, 2.24) is 9.21 Å². The Morgan fingerprint density at radius 2 is 1.86 bits per heavy atom. The van der Waals surface area contributed by atoms with Crippen LogP contribution >= 0.6 is 0 Å². The van der Waals surface area contributed by atoms with Crippen LogP contribution in [-0.4, -0.2) is 63.2 Å². The Bertz CT molecular complexity index is 505. The molecular formula is C15H26N2O3S. The summed E-state index contributed by atoms with van der Waals surface area (Å²) in [5.74, 6) is 2.04. The zero-order chi connectivity index (χ0) is 15.5. The maximum atomic E-state index is 11.4. The minimum absolute atomic E-state index is 0.517. The molecule has 5 nitrogen and oxygen atoms in total. The van der Waals surface area contributed by atoms with E-state index in [0.717, 1.165) is 25.4 Å². The van der Waals surface area contributed by atoms with Crippen LogP contribution in [0.4, 0.5) is 0 Å². The fraction of sp³-hybridized carbons (Fsp3) is 0.733. The first-order valence-electron chi connectivity index (χ1n) is 7.56. The van der Waals surface area contributed by atoms with E-state index in [1.165, 1.54) is 6.26 Å². The lowest BCUT2D eigenvalue weighted by Crippen LogP contribution is -2.49. The van der Waals surface area contributed by atoms with Crippen molar-refractivity contribution < 1.29 is 13.2 Å². The van der Waals surface area contributed by atoms with Crippen LogP contribution in [0.3, 0.4) is 0 Å². The molecule has 0 bridgehead atoms. The predicted molar refractivity (Wildman–Crippen MR) is 84.4 cm³/mol. The van der Waals surface area contributed by atoms with Gasteiger partial charge in [0.2, 0.25) is 10.0 Å². The molecule has 0 aromatic rings. The fourth-order valence-corrected chi connectivity index (χ4v) is 3.39. The molecule has 0 unspecified atom stereocenters. The van der Waals surface area contributed by atoms with Gasteiger partial charge in [-0.2, -0.15) is 4.31 Å². The van der Waals surface area contributed by atoms with Crippen molar-refractivity contribution in [3.63, 3.8) is 0 Å². The van der Waals surface area contributed by atoms with E-state index in [1.54, 1.807) is 4.31 Å². The number of nitrogens with zero attached hydrogens (tertiary/aromatic N) is 2. The highest BCUT2D eigenvalue weighted by atomic mass is 32.2. The summed E-state index contributed by atoms with van der Waals surface area (Å²) >= 11 is 0. The zero-order valence-electron chi connectivity index (χ0n) is 13.2. The number of sulfonamides is 1. The highest BCUT2D eigenvalue weighted by Crippen LogP contribution is 2.22. The Hall–Kier alpha value is -0.850. The maximum Gasteiger partial charge on any atom is 0.211 e. The molecule has 0 spiro atoms. The van der Waals surface area contributed by atoms with Gasteiger partial charge in [0.05, 0.1) is 6.26 Å². The molecule has 0 aromatic carbocycles. The quantitative estimate of drug-likeness (QED) is 0.768. The molecule has 0 amide bonds. The molecule has 0 radical (unpaired) electrons. The molecule has 1 fully saturated rings. The summed E-state index contributed by atoms with van der Waals surface area (Å²) in [5.41, 5.74) is 0. The average Bonchev–Trinajstić information content (AvgIpc) is 2.42.